The van der Waals surface area contributed by atoms with Crippen LogP contribution in [0.25, 0.3) is 0 Å². The molecular formula is C19H28ClN3O3S. The summed E-state index contributed by atoms with van der Waals surface area (Å²) in [6.07, 6.45) is 5.08. The van der Waals surface area contributed by atoms with Crippen LogP contribution in [0.3, 0.4) is 0 Å². The second kappa shape index (κ2) is 8.90. The van der Waals surface area contributed by atoms with E-state index in [-0.39, 0.29) is 15.8 Å². The number of hydrogen-bond acceptors (Lipinski definition) is 4. The van der Waals surface area contributed by atoms with Crippen molar-refractivity contribution in [2.45, 2.75) is 43.9 Å². The molecule has 8 heteroatoms. The minimum atomic E-state index is -3.65. The van der Waals surface area contributed by atoms with Crippen molar-refractivity contribution in [3.63, 3.8) is 0 Å². The Kier molecular flexibility index (Phi) is 6.78. The van der Waals surface area contributed by atoms with E-state index in [1.165, 1.54) is 22.9 Å². The molecule has 0 aromatic heterocycles. The zero-order valence-electron chi connectivity index (χ0n) is 15.8. The molecule has 3 rings (SSSR count). The van der Waals surface area contributed by atoms with Crippen molar-refractivity contribution in [3.05, 3.63) is 23.2 Å². The van der Waals surface area contributed by atoms with E-state index >= 15 is 0 Å². The number of carbonyl (C=O) groups excluding carboxylic acids is 1. The van der Waals surface area contributed by atoms with Crippen LogP contribution in [0.2, 0.25) is 5.02 Å². The van der Waals surface area contributed by atoms with E-state index in [9.17, 15) is 13.2 Å². The number of carbonyl (C=O) groups is 1. The summed E-state index contributed by atoms with van der Waals surface area (Å²) in [6.45, 7) is 5.39. The lowest BCUT2D eigenvalue weighted by Gasteiger charge is -2.30. The van der Waals surface area contributed by atoms with E-state index in [2.05, 4.69) is 17.1 Å². The average molecular weight is 414 g/mol. The van der Waals surface area contributed by atoms with Gasteiger partial charge in [-0.15, -0.1) is 0 Å². The molecule has 27 heavy (non-hydrogen) atoms. The first-order valence-electron chi connectivity index (χ1n) is 9.68. The lowest BCUT2D eigenvalue weighted by Crippen LogP contribution is -2.39. The summed E-state index contributed by atoms with van der Waals surface area (Å²) in [4.78, 5) is 14.6. The Hall–Kier alpha value is -1.15. The fraction of sp³-hybridized carbons (Fsp3) is 0.632. The van der Waals surface area contributed by atoms with Crippen LogP contribution >= 0.6 is 11.6 Å². The van der Waals surface area contributed by atoms with Crippen LogP contribution in [-0.2, 0) is 14.8 Å². The number of piperidine rings is 2. The van der Waals surface area contributed by atoms with E-state index < -0.39 is 10.0 Å². The predicted octanol–water partition coefficient (Wildman–Crippen LogP) is 3.19. The van der Waals surface area contributed by atoms with E-state index in [4.69, 9.17) is 11.6 Å². The molecule has 2 aliphatic heterocycles. The highest BCUT2D eigenvalue weighted by Gasteiger charge is 2.28. The van der Waals surface area contributed by atoms with E-state index in [0.29, 0.717) is 31.2 Å². The van der Waals surface area contributed by atoms with Crippen molar-refractivity contribution in [3.8, 4) is 0 Å². The minimum absolute atomic E-state index is 0.0652. The number of hydrogen-bond donors (Lipinski definition) is 1. The number of amides is 1. The molecule has 0 saturated carbocycles. The molecule has 0 unspecified atom stereocenters. The molecule has 0 spiro atoms. The summed E-state index contributed by atoms with van der Waals surface area (Å²) >= 11 is 6.18. The van der Waals surface area contributed by atoms with Crippen molar-refractivity contribution < 1.29 is 13.2 Å². The molecule has 0 bridgehead atoms. The molecule has 2 fully saturated rings. The number of nitrogens with one attached hydrogen (secondary N) is 1. The highest BCUT2D eigenvalue weighted by molar-refractivity contribution is 7.89. The van der Waals surface area contributed by atoms with Gasteiger partial charge in [0, 0.05) is 25.3 Å². The largest absolute Gasteiger partial charge is 0.325 e. The van der Waals surface area contributed by atoms with Crippen molar-refractivity contribution in [1.82, 2.24) is 9.21 Å². The Morgan fingerprint density at radius 1 is 1.19 bits per heavy atom. The number of likely N-dealkylation sites (tertiary alicyclic amines) is 1. The zero-order valence-corrected chi connectivity index (χ0v) is 17.4. The van der Waals surface area contributed by atoms with Crippen LogP contribution in [0.4, 0.5) is 5.69 Å². The lowest BCUT2D eigenvalue weighted by atomic mass is 10.0. The first-order valence-corrected chi connectivity index (χ1v) is 11.5. The van der Waals surface area contributed by atoms with E-state index in [1.54, 1.807) is 6.07 Å². The first-order chi connectivity index (χ1) is 12.9. The van der Waals surface area contributed by atoms with Gasteiger partial charge in [0.2, 0.25) is 15.9 Å². The highest BCUT2D eigenvalue weighted by atomic mass is 35.5. The summed E-state index contributed by atoms with van der Waals surface area (Å²) in [5.74, 6) is 0.469. The quantitative estimate of drug-likeness (QED) is 0.804. The maximum atomic E-state index is 12.9. The molecule has 2 heterocycles. The van der Waals surface area contributed by atoms with Crippen molar-refractivity contribution in [1.29, 1.82) is 0 Å². The third-order valence-corrected chi connectivity index (χ3v) is 7.64. The molecule has 2 aliphatic rings. The zero-order chi connectivity index (χ0) is 19.4. The maximum absolute atomic E-state index is 12.9. The number of nitrogens with zero attached hydrogens (tertiary/aromatic N) is 2. The SMILES string of the molecule is C[C@H]1CCCN(CC(=O)Nc2ccc(Cl)c(S(=O)(=O)N3CCCCC3)c2)C1. The molecule has 1 N–H and O–H groups in total. The van der Waals surface area contributed by atoms with Gasteiger partial charge in [0.05, 0.1) is 11.6 Å². The molecule has 0 aliphatic carbocycles. The van der Waals surface area contributed by atoms with Crippen molar-refractivity contribution in [2.24, 2.45) is 5.92 Å². The number of anilines is 1. The van der Waals surface area contributed by atoms with Gasteiger partial charge in [-0.05, 0) is 56.3 Å². The Balaban J connectivity index is 1.70. The minimum Gasteiger partial charge on any atom is -0.325 e. The third kappa shape index (κ3) is 5.22. The fourth-order valence-corrected chi connectivity index (χ4v) is 5.87. The van der Waals surface area contributed by atoms with Crippen LogP contribution in [0.1, 0.15) is 39.0 Å². The Labute approximate surface area is 166 Å². The number of benzene rings is 1. The maximum Gasteiger partial charge on any atom is 0.244 e. The van der Waals surface area contributed by atoms with Crippen LogP contribution in [0, 0.1) is 5.92 Å². The average Bonchev–Trinajstić information content (AvgIpc) is 2.64. The smallest absolute Gasteiger partial charge is 0.244 e. The molecule has 0 radical (unpaired) electrons. The second-order valence-electron chi connectivity index (χ2n) is 7.64. The van der Waals surface area contributed by atoms with Crippen molar-refractivity contribution >= 4 is 33.2 Å². The standard InChI is InChI=1S/C19H28ClN3O3S/c1-15-6-5-9-22(13-15)14-19(24)21-16-7-8-17(20)18(12-16)27(25,26)23-10-3-2-4-11-23/h7-8,12,15H,2-6,9-11,13-14H2,1H3,(H,21,24)/t15-/m0/s1. The van der Waals surface area contributed by atoms with Crippen LogP contribution in [0.5, 0.6) is 0 Å². The summed E-state index contributed by atoms with van der Waals surface area (Å²) in [5, 5.41) is 3.01. The van der Waals surface area contributed by atoms with Gasteiger partial charge < -0.3 is 5.32 Å². The molecule has 6 nitrogen and oxygen atoms in total. The van der Waals surface area contributed by atoms with E-state index in [0.717, 1.165) is 38.8 Å². The molecule has 1 amide bonds. The molecular weight excluding hydrogens is 386 g/mol. The summed E-state index contributed by atoms with van der Waals surface area (Å²) in [7, 11) is -3.65. The molecule has 2 saturated heterocycles. The van der Waals surface area contributed by atoms with Crippen LogP contribution < -0.4 is 5.32 Å². The predicted molar refractivity (Wildman–Crippen MR) is 108 cm³/mol. The molecule has 1 aromatic carbocycles. The first kappa shape index (κ1) is 20.6. The Morgan fingerprint density at radius 3 is 2.63 bits per heavy atom. The highest BCUT2D eigenvalue weighted by Crippen LogP contribution is 2.29. The van der Waals surface area contributed by atoms with Crippen molar-refractivity contribution in [2.75, 3.05) is 38.0 Å². The third-order valence-electron chi connectivity index (χ3n) is 5.26. The van der Waals surface area contributed by atoms with Gasteiger partial charge in [-0.2, -0.15) is 4.31 Å². The second-order valence-corrected chi connectivity index (χ2v) is 9.95. The van der Waals surface area contributed by atoms with E-state index in [1.807, 2.05) is 0 Å². The molecule has 1 atom stereocenters. The Morgan fingerprint density at radius 2 is 1.93 bits per heavy atom. The monoisotopic (exact) mass is 413 g/mol. The summed E-state index contributed by atoms with van der Waals surface area (Å²) in [5.41, 5.74) is 0.463. The summed E-state index contributed by atoms with van der Waals surface area (Å²) in [6, 6.07) is 4.66. The Bertz CT molecular complexity index is 778. The topological polar surface area (TPSA) is 69.7 Å². The van der Waals surface area contributed by atoms with Gasteiger partial charge in [0.1, 0.15) is 4.90 Å². The van der Waals surface area contributed by atoms with Gasteiger partial charge in [0.15, 0.2) is 0 Å². The van der Waals surface area contributed by atoms with Gasteiger partial charge in [0.25, 0.3) is 0 Å². The van der Waals surface area contributed by atoms with Crippen LogP contribution in [0.15, 0.2) is 23.1 Å². The van der Waals surface area contributed by atoms with Gasteiger partial charge in [-0.1, -0.05) is 24.9 Å². The normalized spacial score (nSPS) is 22.5. The number of sulfonamides is 1. The fourth-order valence-electron chi connectivity index (χ4n) is 3.86. The summed E-state index contributed by atoms with van der Waals surface area (Å²) < 4.78 is 27.3. The van der Waals surface area contributed by atoms with Gasteiger partial charge >= 0.3 is 0 Å². The molecule has 1 aromatic rings. The number of halogens is 1. The lowest BCUT2D eigenvalue weighted by molar-refractivity contribution is -0.117. The van der Waals surface area contributed by atoms with Gasteiger partial charge in [-0.25, -0.2) is 8.42 Å². The van der Waals surface area contributed by atoms with Gasteiger partial charge in [-0.3, -0.25) is 9.69 Å². The molecule has 150 valence electrons. The number of rotatable bonds is 5. The van der Waals surface area contributed by atoms with Crippen LogP contribution in [-0.4, -0.2) is 56.3 Å².